The Bertz CT molecular complexity index is 973. The van der Waals surface area contributed by atoms with Crippen molar-refractivity contribution >= 4 is 23.4 Å². The van der Waals surface area contributed by atoms with E-state index < -0.39 is 0 Å². The highest BCUT2D eigenvalue weighted by atomic mass is 35.5. The molecular formula is C22H18ClNO4. The zero-order valence-electron chi connectivity index (χ0n) is 15.2. The average Bonchev–Trinajstić information content (AvgIpc) is 3.11. The van der Waals surface area contributed by atoms with Crippen molar-refractivity contribution in [3.63, 3.8) is 0 Å². The predicted molar refractivity (Wildman–Crippen MR) is 108 cm³/mol. The van der Waals surface area contributed by atoms with Gasteiger partial charge in [0.25, 0.3) is 0 Å². The Kier molecular flexibility index (Phi) is 5.08. The van der Waals surface area contributed by atoms with Crippen LogP contribution in [0, 0.1) is 0 Å². The highest BCUT2D eigenvalue weighted by Gasteiger charge is 2.35. The van der Waals surface area contributed by atoms with Gasteiger partial charge in [-0.25, -0.2) is 4.79 Å². The quantitative estimate of drug-likeness (QED) is 0.544. The van der Waals surface area contributed by atoms with E-state index in [-0.39, 0.29) is 18.7 Å². The fourth-order valence-electron chi connectivity index (χ4n) is 3.12. The molecule has 0 spiro atoms. The minimum atomic E-state index is -0.381. The van der Waals surface area contributed by atoms with Gasteiger partial charge in [-0.05, 0) is 66.2 Å². The van der Waals surface area contributed by atoms with E-state index >= 15 is 0 Å². The number of benzene rings is 3. The molecule has 1 saturated heterocycles. The van der Waals surface area contributed by atoms with E-state index in [1.807, 2.05) is 48.5 Å². The Labute approximate surface area is 168 Å². The molecule has 0 bridgehead atoms. The molecule has 3 aromatic rings. The zero-order valence-corrected chi connectivity index (χ0v) is 15.9. The first-order chi connectivity index (χ1) is 13.6. The molecule has 0 N–H and O–H groups in total. The van der Waals surface area contributed by atoms with Crippen molar-refractivity contribution in [1.29, 1.82) is 0 Å². The molecule has 28 heavy (non-hydrogen) atoms. The number of carbonyl (C=O) groups is 1. The summed E-state index contributed by atoms with van der Waals surface area (Å²) in [4.78, 5) is 13.9. The Morgan fingerprint density at radius 2 is 1.68 bits per heavy atom. The lowest BCUT2D eigenvalue weighted by Crippen LogP contribution is -2.27. The Morgan fingerprint density at radius 3 is 2.39 bits per heavy atom. The second kappa shape index (κ2) is 7.82. The monoisotopic (exact) mass is 395 g/mol. The Balaban J connectivity index is 1.58. The van der Waals surface area contributed by atoms with Crippen LogP contribution in [-0.2, 0) is 4.74 Å². The Hall–Kier alpha value is -3.18. The largest absolute Gasteiger partial charge is 0.497 e. The molecule has 0 unspecified atom stereocenters. The summed E-state index contributed by atoms with van der Waals surface area (Å²) in [5.74, 6) is 2.14. The van der Waals surface area contributed by atoms with Crippen LogP contribution in [0.2, 0.25) is 5.02 Å². The molecule has 0 aromatic heterocycles. The number of ether oxygens (including phenoxy) is 3. The number of hydrogen-bond acceptors (Lipinski definition) is 4. The lowest BCUT2D eigenvalue weighted by atomic mass is 10.1. The molecule has 1 atom stereocenters. The number of nitrogens with zero attached hydrogens (tertiary/aromatic N) is 1. The van der Waals surface area contributed by atoms with E-state index in [2.05, 4.69) is 0 Å². The molecule has 4 rings (SSSR count). The molecule has 0 radical (unpaired) electrons. The van der Waals surface area contributed by atoms with Crippen molar-refractivity contribution < 1.29 is 19.0 Å². The van der Waals surface area contributed by atoms with Crippen molar-refractivity contribution in [3.8, 4) is 17.2 Å². The third kappa shape index (κ3) is 3.75. The highest BCUT2D eigenvalue weighted by Crippen LogP contribution is 2.35. The van der Waals surface area contributed by atoms with Crippen LogP contribution in [-0.4, -0.2) is 19.8 Å². The maximum atomic E-state index is 12.3. The van der Waals surface area contributed by atoms with Crippen LogP contribution in [0.15, 0.2) is 72.8 Å². The summed E-state index contributed by atoms with van der Waals surface area (Å²) in [6, 6.07) is 21.9. The SMILES string of the molecule is COc1ccc(Oc2cccc([C@H]3COC(=O)N3c3ccc(Cl)cc3)c2)cc1. The van der Waals surface area contributed by atoms with Crippen LogP contribution in [0.5, 0.6) is 17.2 Å². The second-order valence-corrected chi connectivity index (χ2v) is 6.73. The van der Waals surface area contributed by atoms with Crippen LogP contribution < -0.4 is 14.4 Å². The van der Waals surface area contributed by atoms with Crippen molar-refractivity contribution in [2.45, 2.75) is 6.04 Å². The number of amides is 1. The first-order valence-corrected chi connectivity index (χ1v) is 9.15. The standard InChI is InChI=1S/C22H18ClNO4/c1-26-18-9-11-19(12-10-18)28-20-4-2-3-15(13-20)21-14-27-22(25)24(21)17-7-5-16(23)6-8-17/h2-13,21H,14H2,1H3/t21-/m1/s1. The molecule has 1 heterocycles. The molecule has 1 fully saturated rings. The van der Waals surface area contributed by atoms with Gasteiger partial charge < -0.3 is 14.2 Å². The number of anilines is 1. The molecule has 0 aliphatic carbocycles. The number of methoxy groups -OCH3 is 1. The van der Waals surface area contributed by atoms with Crippen LogP contribution in [0.4, 0.5) is 10.5 Å². The summed E-state index contributed by atoms with van der Waals surface area (Å²) in [5, 5.41) is 0.614. The van der Waals surface area contributed by atoms with Crippen LogP contribution >= 0.6 is 11.6 Å². The topological polar surface area (TPSA) is 48.0 Å². The summed E-state index contributed by atoms with van der Waals surface area (Å²) in [6.45, 7) is 0.271. The summed E-state index contributed by atoms with van der Waals surface area (Å²) in [5.41, 5.74) is 1.66. The van der Waals surface area contributed by atoms with E-state index in [1.54, 1.807) is 36.3 Å². The normalized spacial score (nSPS) is 16.0. The average molecular weight is 396 g/mol. The molecule has 6 heteroatoms. The molecular weight excluding hydrogens is 378 g/mol. The molecule has 142 valence electrons. The predicted octanol–water partition coefficient (Wildman–Crippen LogP) is 5.84. The number of halogens is 1. The number of rotatable bonds is 5. The number of carbonyl (C=O) groups excluding carboxylic acids is 1. The zero-order chi connectivity index (χ0) is 19.5. The fraction of sp³-hybridized carbons (Fsp3) is 0.136. The van der Waals surface area contributed by atoms with Gasteiger partial charge in [0.15, 0.2) is 0 Å². The minimum absolute atomic E-state index is 0.243. The number of cyclic esters (lactones) is 1. The van der Waals surface area contributed by atoms with Crippen LogP contribution in [0.25, 0.3) is 0 Å². The van der Waals surface area contributed by atoms with Crippen molar-refractivity contribution in [1.82, 2.24) is 0 Å². The third-order valence-electron chi connectivity index (χ3n) is 4.52. The van der Waals surface area contributed by atoms with Crippen molar-refractivity contribution in [3.05, 3.63) is 83.4 Å². The lowest BCUT2D eigenvalue weighted by Gasteiger charge is -2.22. The van der Waals surface area contributed by atoms with Gasteiger partial charge in [-0.3, -0.25) is 4.90 Å². The second-order valence-electron chi connectivity index (χ2n) is 6.29. The smallest absolute Gasteiger partial charge is 0.415 e. The fourth-order valence-corrected chi connectivity index (χ4v) is 3.25. The van der Waals surface area contributed by atoms with Crippen molar-refractivity contribution in [2.75, 3.05) is 18.6 Å². The molecule has 1 aliphatic heterocycles. The molecule has 1 aliphatic rings. The summed E-state index contributed by atoms with van der Waals surface area (Å²) in [6.07, 6.45) is -0.381. The third-order valence-corrected chi connectivity index (χ3v) is 4.77. The van der Waals surface area contributed by atoms with Gasteiger partial charge in [-0.15, -0.1) is 0 Å². The van der Waals surface area contributed by atoms with Gasteiger partial charge in [-0.2, -0.15) is 0 Å². The van der Waals surface area contributed by atoms with E-state index in [4.69, 9.17) is 25.8 Å². The maximum absolute atomic E-state index is 12.3. The van der Waals surface area contributed by atoms with Crippen LogP contribution in [0.3, 0.4) is 0 Å². The first-order valence-electron chi connectivity index (χ1n) is 8.77. The van der Waals surface area contributed by atoms with Crippen molar-refractivity contribution in [2.24, 2.45) is 0 Å². The van der Waals surface area contributed by atoms with E-state index in [9.17, 15) is 4.79 Å². The summed E-state index contributed by atoms with van der Waals surface area (Å²) >= 11 is 5.97. The van der Waals surface area contributed by atoms with Gasteiger partial charge in [0.1, 0.15) is 23.9 Å². The molecule has 5 nitrogen and oxygen atoms in total. The minimum Gasteiger partial charge on any atom is -0.497 e. The van der Waals surface area contributed by atoms with Gasteiger partial charge in [-0.1, -0.05) is 23.7 Å². The van der Waals surface area contributed by atoms with Gasteiger partial charge in [0.05, 0.1) is 13.2 Å². The van der Waals surface area contributed by atoms with Gasteiger partial charge in [0.2, 0.25) is 0 Å². The van der Waals surface area contributed by atoms with Crippen LogP contribution in [0.1, 0.15) is 11.6 Å². The van der Waals surface area contributed by atoms with E-state index in [0.717, 1.165) is 17.0 Å². The lowest BCUT2D eigenvalue weighted by molar-refractivity contribution is 0.179. The first kappa shape index (κ1) is 18.2. The summed E-state index contributed by atoms with van der Waals surface area (Å²) < 4.78 is 16.4. The van der Waals surface area contributed by atoms with Gasteiger partial charge in [0, 0.05) is 10.7 Å². The maximum Gasteiger partial charge on any atom is 0.415 e. The number of hydrogen-bond donors (Lipinski definition) is 0. The Morgan fingerprint density at radius 1 is 0.964 bits per heavy atom. The van der Waals surface area contributed by atoms with Gasteiger partial charge >= 0.3 is 6.09 Å². The van der Waals surface area contributed by atoms with E-state index in [1.165, 1.54) is 0 Å². The summed E-state index contributed by atoms with van der Waals surface area (Å²) in [7, 11) is 1.62. The van der Waals surface area contributed by atoms with E-state index in [0.29, 0.717) is 16.5 Å². The molecule has 1 amide bonds. The molecule has 3 aromatic carbocycles. The highest BCUT2D eigenvalue weighted by molar-refractivity contribution is 6.30. The molecule has 0 saturated carbocycles.